The number of carbonyl (C=O) groups excluding carboxylic acids is 1. The van der Waals surface area contributed by atoms with Crippen LogP contribution < -0.4 is 15.5 Å². The predicted octanol–water partition coefficient (Wildman–Crippen LogP) is 4.05. The maximum absolute atomic E-state index is 12.7. The number of hydrogen-bond donors (Lipinski definition) is 2. The summed E-state index contributed by atoms with van der Waals surface area (Å²) in [4.78, 5) is 23.6. The number of hydrogen-bond acceptors (Lipinski definition) is 5. The molecule has 2 aromatic rings. The second-order valence-corrected chi connectivity index (χ2v) is 7.45. The summed E-state index contributed by atoms with van der Waals surface area (Å²) < 4.78 is 0. The molecule has 27 heavy (non-hydrogen) atoms. The van der Waals surface area contributed by atoms with E-state index in [1.165, 1.54) is 25.7 Å². The molecule has 3 rings (SSSR count). The summed E-state index contributed by atoms with van der Waals surface area (Å²) >= 11 is 0. The van der Waals surface area contributed by atoms with Crippen LogP contribution >= 0.6 is 0 Å². The van der Waals surface area contributed by atoms with Gasteiger partial charge in [-0.3, -0.25) is 4.79 Å². The third-order valence-electron chi connectivity index (χ3n) is 4.92. The largest absolute Gasteiger partial charge is 0.378 e. The summed E-state index contributed by atoms with van der Waals surface area (Å²) in [5.74, 6) is 0.331. The Hall–Kier alpha value is -2.63. The summed E-state index contributed by atoms with van der Waals surface area (Å²) in [6, 6.07) is 10.0. The smallest absolute Gasteiger partial charge is 0.270 e. The maximum atomic E-state index is 12.7. The molecule has 1 saturated carbocycles. The molecule has 0 radical (unpaired) electrons. The normalized spacial score (nSPS) is 15.1. The lowest BCUT2D eigenvalue weighted by Crippen LogP contribution is -2.35. The highest BCUT2D eigenvalue weighted by atomic mass is 16.1. The Morgan fingerprint density at radius 2 is 1.70 bits per heavy atom. The van der Waals surface area contributed by atoms with Crippen molar-refractivity contribution in [1.82, 2.24) is 15.3 Å². The van der Waals surface area contributed by atoms with E-state index in [1.807, 2.05) is 50.2 Å². The van der Waals surface area contributed by atoms with Gasteiger partial charge in [0.1, 0.15) is 5.69 Å². The standard InChI is InChI=1S/C21H29N5O/c1-15-14-19(20(27)23-16-8-6-4-5-7-9-16)25-21(22-15)24-17-10-12-18(13-11-17)26(2)3/h10-14,16H,4-9H2,1-3H3,(H,23,27)(H,22,24,25). The van der Waals surface area contributed by atoms with Crippen LogP contribution in [0, 0.1) is 6.92 Å². The van der Waals surface area contributed by atoms with Crippen LogP contribution in [0.25, 0.3) is 0 Å². The van der Waals surface area contributed by atoms with Crippen LogP contribution in [0.1, 0.15) is 54.7 Å². The third-order valence-corrected chi connectivity index (χ3v) is 4.92. The lowest BCUT2D eigenvalue weighted by Gasteiger charge is -2.16. The minimum atomic E-state index is -0.113. The number of carbonyl (C=O) groups is 1. The van der Waals surface area contributed by atoms with Gasteiger partial charge in [0.05, 0.1) is 0 Å². The zero-order valence-corrected chi connectivity index (χ0v) is 16.5. The molecule has 1 aliphatic rings. The first-order valence-corrected chi connectivity index (χ1v) is 9.72. The van der Waals surface area contributed by atoms with E-state index in [-0.39, 0.29) is 11.9 Å². The highest BCUT2D eigenvalue weighted by molar-refractivity contribution is 5.92. The van der Waals surface area contributed by atoms with Gasteiger partial charge in [-0.2, -0.15) is 0 Å². The van der Waals surface area contributed by atoms with E-state index in [0.29, 0.717) is 11.6 Å². The Balaban J connectivity index is 1.70. The molecule has 1 aromatic carbocycles. The van der Waals surface area contributed by atoms with E-state index < -0.39 is 0 Å². The van der Waals surface area contributed by atoms with E-state index in [0.717, 1.165) is 29.9 Å². The summed E-state index contributed by atoms with van der Waals surface area (Å²) in [5, 5.41) is 6.35. The number of rotatable bonds is 5. The fraction of sp³-hybridized carbons (Fsp3) is 0.476. The monoisotopic (exact) mass is 367 g/mol. The zero-order valence-electron chi connectivity index (χ0n) is 16.5. The van der Waals surface area contributed by atoms with Crippen molar-refractivity contribution in [1.29, 1.82) is 0 Å². The third kappa shape index (κ3) is 5.42. The molecule has 1 fully saturated rings. The Kier molecular flexibility index (Phi) is 6.27. The quantitative estimate of drug-likeness (QED) is 0.780. The van der Waals surface area contributed by atoms with Crippen molar-refractivity contribution in [3.05, 3.63) is 41.7 Å². The summed E-state index contributed by atoms with van der Waals surface area (Å²) in [7, 11) is 4.01. The van der Waals surface area contributed by atoms with Crippen molar-refractivity contribution in [2.75, 3.05) is 24.3 Å². The first kappa shape index (κ1) is 19.1. The molecule has 0 aliphatic heterocycles. The van der Waals surface area contributed by atoms with Crippen molar-refractivity contribution in [2.24, 2.45) is 0 Å². The molecule has 2 N–H and O–H groups in total. The predicted molar refractivity (Wildman–Crippen MR) is 110 cm³/mol. The van der Waals surface area contributed by atoms with Gasteiger partial charge in [-0.25, -0.2) is 9.97 Å². The molecule has 0 atom stereocenters. The van der Waals surface area contributed by atoms with E-state index >= 15 is 0 Å². The van der Waals surface area contributed by atoms with E-state index in [9.17, 15) is 4.79 Å². The Morgan fingerprint density at radius 1 is 1.04 bits per heavy atom. The van der Waals surface area contributed by atoms with Gasteiger partial charge in [-0.15, -0.1) is 0 Å². The Bertz CT molecular complexity index is 765. The SMILES string of the molecule is Cc1cc(C(=O)NC2CCCCCC2)nc(Nc2ccc(N(C)C)cc2)n1. The van der Waals surface area contributed by atoms with Gasteiger partial charge in [0.2, 0.25) is 5.95 Å². The molecule has 0 spiro atoms. The first-order chi connectivity index (χ1) is 13.0. The van der Waals surface area contributed by atoms with Gasteiger partial charge in [0.25, 0.3) is 5.91 Å². The summed E-state index contributed by atoms with van der Waals surface area (Å²) in [6.07, 6.45) is 7.00. The molecular weight excluding hydrogens is 338 g/mol. The Labute approximate surface area is 161 Å². The average molecular weight is 367 g/mol. The van der Waals surface area contributed by atoms with Crippen LogP contribution in [0.4, 0.5) is 17.3 Å². The summed E-state index contributed by atoms with van der Waals surface area (Å²) in [5.41, 5.74) is 3.19. The lowest BCUT2D eigenvalue weighted by atomic mass is 10.1. The van der Waals surface area contributed by atoms with Crippen LogP contribution in [0.3, 0.4) is 0 Å². The molecule has 0 unspecified atom stereocenters. The molecule has 1 aromatic heterocycles. The van der Waals surface area contributed by atoms with E-state index in [4.69, 9.17) is 0 Å². The van der Waals surface area contributed by atoms with Crippen molar-refractivity contribution in [2.45, 2.75) is 51.5 Å². The maximum Gasteiger partial charge on any atom is 0.270 e. The first-order valence-electron chi connectivity index (χ1n) is 9.72. The van der Waals surface area contributed by atoms with Crippen LogP contribution in [0.15, 0.2) is 30.3 Å². The molecule has 1 aliphatic carbocycles. The van der Waals surface area contributed by atoms with Gasteiger partial charge in [-0.05, 0) is 50.1 Å². The topological polar surface area (TPSA) is 70.2 Å². The summed E-state index contributed by atoms with van der Waals surface area (Å²) in [6.45, 7) is 1.88. The molecule has 1 amide bonds. The van der Waals surface area contributed by atoms with Crippen LogP contribution in [0.2, 0.25) is 0 Å². The van der Waals surface area contributed by atoms with E-state index in [1.54, 1.807) is 6.07 Å². The van der Waals surface area contributed by atoms with Crippen molar-refractivity contribution in [3.63, 3.8) is 0 Å². The van der Waals surface area contributed by atoms with Gasteiger partial charge in [-0.1, -0.05) is 25.7 Å². The van der Waals surface area contributed by atoms with Crippen LogP contribution in [0.5, 0.6) is 0 Å². The van der Waals surface area contributed by atoms with Gasteiger partial charge in [0.15, 0.2) is 0 Å². The minimum Gasteiger partial charge on any atom is -0.378 e. The van der Waals surface area contributed by atoms with Crippen molar-refractivity contribution in [3.8, 4) is 0 Å². The van der Waals surface area contributed by atoms with E-state index in [2.05, 4.69) is 20.6 Å². The van der Waals surface area contributed by atoms with Crippen molar-refractivity contribution < 1.29 is 4.79 Å². The fourth-order valence-corrected chi connectivity index (χ4v) is 3.40. The highest BCUT2D eigenvalue weighted by Gasteiger charge is 2.17. The van der Waals surface area contributed by atoms with Gasteiger partial charge < -0.3 is 15.5 Å². The average Bonchev–Trinajstić information content (AvgIpc) is 2.90. The number of aryl methyl sites for hydroxylation is 1. The number of anilines is 3. The molecular formula is C21H29N5O. The number of aromatic nitrogens is 2. The van der Waals surface area contributed by atoms with Gasteiger partial charge >= 0.3 is 0 Å². The molecule has 144 valence electrons. The second-order valence-electron chi connectivity index (χ2n) is 7.45. The zero-order chi connectivity index (χ0) is 19.2. The van der Waals surface area contributed by atoms with Gasteiger partial charge in [0, 0.05) is 37.2 Å². The number of benzene rings is 1. The highest BCUT2D eigenvalue weighted by Crippen LogP contribution is 2.20. The van der Waals surface area contributed by atoms with Crippen LogP contribution in [-0.4, -0.2) is 36.0 Å². The molecule has 0 bridgehead atoms. The fourth-order valence-electron chi connectivity index (χ4n) is 3.40. The second kappa shape index (κ2) is 8.84. The molecule has 0 saturated heterocycles. The lowest BCUT2D eigenvalue weighted by molar-refractivity contribution is 0.0928. The molecule has 1 heterocycles. The number of nitrogens with zero attached hydrogens (tertiary/aromatic N) is 3. The molecule has 6 nitrogen and oxygen atoms in total. The number of nitrogens with one attached hydrogen (secondary N) is 2. The Morgan fingerprint density at radius 3 is 2.33 bits per heavy atom. The number of amides is 1. The molecule has 6 heteroatoms. The van der Waals surface area contributed by atoms with Crippen molar-refractivity contribution >= 4 is 23.2 Å². The minimum absolute atomic E-state index is 0.113. The van der Waals surface area contributed by atoms with Crippen LogP contribution in [-0.2, 0) is 0 Å².